The van der Waals surface area contributed by atoms with E-state index in [0.29, 0.717) is 54.8 Å². The molecule has 7 heteroatoms. The van der Waals surface area contributed by atoms with E-state index in [1.54, 1.807) is 12.1 Å². The molecular weight excluding hydrogens is 635 g/mol. The SMILES string of the molecule is CC(C)(C)c1c(O)c2ccc3c(O)c(C(C)(C)C)c(O)c4c(-c5ccc(-c6nnc(-c7ccccc7)n6-c6ccccc6)cc5)cc(c1O)c2c34. The van der Waals surface area contributed by atoms with Crippen LogP contribution in [0.3, 0.4) is 0 Å². The number of phenols is 4. The Morgan fingerprint density at radius 3 is 1.45 bits per heavy atom. The molecule has 254 valence electrons. The third kappa shape index (κ3) is 4.87. The summed E-state index contributed by atoms with van der Waals surface area (Å²) < 4.78 is 2.05. The van der Waals surface area contributed by atoms with E-state index in [4.69, 9.17) is 0 Å². The molecule has 0 radical (unpaired) electrons. The van der Waals surface area contributed by atoms with Gasteiger partial charge in [0.15, 0.2) is 11.6 Å². The number of phenolic OH excluding ortho intramolecular Hbond substituents is 4. The summed E-state index contributed by atoms with van der Waals surface area (Å²) >= 11 is 0. The van der Waals surface area contributed by atoms with E-state index < -0.39 is 10.8 Å². The predicted molar refractivity (Wildman–Crippen MR) is 205 cm³/mol. The van der Waals surface area contributed by atoms with Gasteiger partial charge in [0.05, 0.1) is 0 Å². The molecule has 1 aromatic heterocycles. The quantitative estimate of drug-likeness (QED) is 0.138. The van der Waals surface area contributed by atoms with Gasteiger partial charge in [0, 0.05) is 60.3 Å². The minimum Gasteiger partial charge on any atom is -0.507 e. The van der Waals surface area contributed by atoms with Gasteiger partial charge >= 0.3 is 0 Å². The smallest absolute Gasteiger partial charge is 0.168 e. The van der Waals surface area contributed by atoms with Crippen molar-refractivity contribution >= 4 is 32.3 Å². The van der Waals surface area contributed by atoms with Crippen LogP contribution in [0.1, 0.15) is 52.7 Å². The van der Waals surface area contributed by atoms with Crippen molar-refractivity contribution in [3.05, 3.63) is 114 Å². The molecule has 8 aromatic rings. The topological polar surface area (TPSA) is 112 Å². The molecule has 1 heterocycles. The zero-order valence-corrected chi connectivity index (χ0v) is 29.4. The summed E-state index contributed by atoms with van der Waals surface area (Å²) in [6, 6.07) is 33.4. The molecule has 0 bridgehead atoms. The Morgan fingerprint density at radius 1 is 0.451 bits per heavy atom. The van der Waals surface area contributed by atoms with Crippen molar-refractivity contribution in [2.75, 3.05) is 0 Å². The standard InChI is InChI=1S/C44H39N3O4/c1-43(2,3)35-37(48)28-21-22-29-33-32(28)31(39(35)50)23-30(34(33)40(51)36(38(29)49)44(4,5)6)24-17-19-26(20-18-24)42-46-45-41(25-13-9-7-10-14-25)47(42)27-15-11-8-12-16-27/h7-23,48-51H,1-6H3. The highest BCUT2D eigenvalue weighted by Gasteiger charge is 2.33. The van der Waals surface area contributed by atoms with E-state index in [9.17, 15) is 20.4 Å². The number of benzene rings is 7. The van der Waals surface area contributed by atoms with Gasteiger partial charge in [0.25, 0.3) is 0 Å². The van der Waals surface area contributed by atoms with Crippen molar-refractivity contribution in [2.45, 2.75) is 52.4 Å². The second-order valence-corrected chi connectivity index (χ2v) is 15.4. The molecule has 4 N–H and O–H groups in total. The van der Waals surface area contributed by atoms with Gasteiger partial charge in [-0.25, -0.2) is 0 Å². The first-order chi connectivity index (χ1) is 24.3. The molecule has 0 saturated heterocycles. The fraction of sp³-hybridized carbons (Fsp3) is 0.182. The zero-order valence-electron chi connectivity index (χ0n) is 29.4. The molecule has 0 atom stereocenters. The zero-order chi connectivity index (χ0) is 36.0. The first kappa shape index (κ1) is 32.1. The monoisotopic (exact) mass is 673 g/mol. The van der Waals surface area contributed by atoms with Gasteiger partial charge in [-0.05, 0) is 52.3 Å². The summed E-state index contributed by atoms with van der Waals surface area (Å²) in [5, 5.41) is 59.8. The average molecular weight is 674 g/mol. The van der Waals surface area contributed by atoms with Gasteiger partial charge in [-0.3, -0.25) is 4.57 Å². The molecular formula is C44H39N3O4. The molecule has 0 saturated carbocycles. The Balaban J connectivity index is 1.41. The summed E-state index contributed by atoms with van der Waals surface area (Å²) in [5.41, 5.74) is 3.89. The number of para-hydroxylation sites is 1. The lowest BCUT2D eigenvalue weighted by molar-refractivity contribution is 0.416. The van der Waals surface area contributed by atoms with Crippen LogP contribution in [0.15, 0.2) is 103 Å². The molecule has 8 rings (SSSR count). The van der Waals surface area contributed by atoms with E-state index in [1.165, 1.54) is 0 Å². The minimum absolute atomic E-state index is 0.0101. The van der Waals surface area contributed by atoms with Gasteiger partial charge in [0.1, 0.15) is 23.0 Å². The van der Waals surface area contributed by atoms with Crippen LogP contribution < -0.4 is 0 Å². The summed E-state index contributed by atoms with van der Waals surface area (Å²) in [7, 11) is 0. The summed E-state index contributed by atoms with van der Waals surface area (Å²) in [6.45, 7) is 11.7. The third-order valence-corrected chi connectivity index (χ3v) is 9.90. The van der Waals surface area contributed by atoms with Crippen LogP contribution in [-0.2, 0) is 10.8 Å². The second kappa shape index (κ2) is 11.2. The number of hydrogen-bond acceptors (Lipinski definition) is 6. The van der Waals surface area contributed by atoms with E-state index in [2.05, 4.69) is 10.2 Å². The normalized spacial score (nSPS) is 12.4. The van der Waals surface area contributed by atoms with E-state index in [-0.39, 0.29) is 23.0 Å². The van der Waals surface area contributed by atoms with Crippen LogP contribution in [0.2, 0.25) is 0 Å². The van der Waals surface area contributed by atoms with Crippen LogP contribution in [0, 0.1) is 0 Å². The van der Waals surface area contributed by atoms with Crippen molar-refractivity contribution in [1.82, 2.24) is 14.8 Å². The summed E-state index contributed by atoms with van der Waals surface area (Å²) in [6.07, 6.45) is 0. The number of hydrogen-bond donors (Lipinski definition) is 4. The van der Waals surface area contributed by atoms with Gasteiger partial charge in [-0.15, -0.1) is 10.2 Å². The Labute approximate surface area is 296 Å². The van der Waals surface area contributed by atoms with E-state index >= 15 is 0 Å². The van der Waals surface area contributed by atoms with Crippen molar-refractivity contribution in [1.29, 1.82) is 0 Å². The first-order valence-electron chi connectivity index (χ1n) is 17.1. The first-order valence-corrected chi connectivity index (χ1v) is 17.1. The lowest BCUT2D eigenvalue weighted by Gasteiger charge is -2.28. The largest absolute Gasteiger partial charge is 0.507 e. The van der Waals surface area contributed by atoms with E-state index in [0.717, 1.165) is 28.2 Å². The molecule has 51 heavy (non-hydrogen) atoms. The highest BCUT2D eigenvalue weighted by Crippen LogP contribution is 2.56. The van der Waals surface area contributed by atoms with Gasteiger partial charge < -0.3 is 20.4 Å². The molecule has 0 unspecified atom stereocenters. The predicted octanol–water partition coefficient (Wildman–Crippen LogP) is 10.6. The Bertz CT molecular complexity index is 2610. The van der Waals surface area contributed by atoms with Gasteiger partial charge in [-0.1, -0.05) is 114 Å². The fourth-order valence-electron chi connectivity index (χ4n) is 7.66. The number of aromatic hydroxyl groups is 4. The lowest BCUT2D eigenvalue weighted by Crippen LogP contribution is -2.13. The van der Waals surface area contributed by atoms with Crippen LogP contribution >= 0.6 is 0 Å². The highest BCUT2D eigenvalue weighted by molar-refractivity contribution is 6.31. The van der Waals surface area contributed by atoms with Crippen LogP contribution in [0.4, 0.5) is 0 Å². The Hall–Kier alpha value is -6.08. The molecule has 7 aromatic carbocycles. The Morgan fingerprint density at radius 2 is 0.902 bits per heavy atom. The average Bonchev–Trinajstić information content (AvgIpc) is 3.54. The fourth-order valence-corrected chi connectivity index (χ4v) is 7.66. The maximum atomic E-state index is 12.1. The maximum absolute atomic E-state index is 12.1. The highest BCUT2D eigenvalue weighted by atomic mass is 16.3. The van der Waals surface area contributed by atoms with Gasteiger partial charge in [-0.2, -0.15) is 0 Å². The molecule has 0 aliphatic rings. The molecule has 0 aliphatic heterocycles. The van der Waals surface area contributed by atoms with Crippen LogP contribution in [0.5, 0.6) is 23.0 Å². The molecule has 7 nitrogen and oxygen atoms in total. The van der Waals surface area contributed by atoms with Crippen molar-refractivity contribution < 1.29 is 20.4 Å². The number of rotatable bonds is 4. The second-order valence-electron chi connectivity index (χ2n) is 15.4. The van der Waals surface area contributed by atoms with Crippen molar-refractivity contribution in [3.63, 3.8) is 0 Å². The van der Waals surface area contributed by atoms with Crippen molar-refractivity contribution in [3.8, 4) is 62.6 Å². The molecule has 0 fully saturated rings. The van der Waals surface area contributed by atoms with Crippen LogP contribution in [-0.4, -0.2) is 35.2 Å². The third-order valence-electron chi connectivity index (χ3n) is 9.90. The molecule has 0 spiro atoms. The summed E-state index contributed by atoms with van der Waals surface area (Å²) in [5.74, 6) is 1.31. The molecule has 0 amide bonds. The van der Waals surface area contributed by atoms with Crippen LogP contribution in [0.25, 0.3) is 71.9 Å². The summed E-state index contributed by atoms with van der Waals surface area (Å²) in [4.78, 5) is 0. The van der Waals surface area contributed by atoms with Gasteiger partial charge in [0.2, 0.25) is 0 Å². The number of aromatic nitrogens is 3. The minimum atomic E-state index is -0.596. The lowest BCUT2D eigenvalue weighted by atomic mass is 9.77. The van der Waals surface area contributed by atoms with Crippen molar-refractivity contribution in [2.24, 2.45) is 0 Å². The van der Waals surface area contributed by atoms with E-state index in [1.807, 2.05) is 137 Å². The number of nitrogens with zero attached hydrogens (tertiary/aromatic N) is 3. The maximum Gasteiger partial charge on any atom is 0.168 e. The molecule has 0 aliphatic carbocycles. The Kier molecular flexibility index (Phi) is 7.07.